The van der Waals surface area contributed by atoms with Crippen molar-refractivity contribution in [3.63, 3.8) is 0 Å². The van der Waals surface area contributed by atoms with Crippen LogP contribution in [-0.4, -0.2) is 44.0 Å². The molecule has 6 heteroatoms. The summed E-state index contributed by atoms with van der Waals surface area (Å²) in [4.78, 5) is 11.5. The Bertz CT molecular complexity index is 455. The van der Waals surface area contributed by atoms with Gasteiger partial charge >= 0.3 is 5.97 Å². The predicted molar refractivity (Wildman–Crippen MR) is 79.4 cm³/mol. The number of carbonyl (C=O) groups is 1. The summed E-state index contributed by atoms with van der Waals surface area (Å²) < 4.78 is 16.1. The summed E-state index contributed by atoms with van der Waals surface area (Å²) in [7, 11) is 3.04. The second-order valence-electron chi connectivity index (χ2n) is 4.84. The lowest BCUT2D eigenvalue weighted by molar-refractivity contribution is -0.145. The maximum Gasteiger partial charge on any atom is 0.327 e. The van der Waals surface area contributed by atoms with Crippen LogP contribution in [0, 0.1) is 0 Å². The van der Waals surface area contributed by atoms with Crippen molar-refractivity contribution in [3.8, 4) is 17.2 Å². The smallest absolute Gasteiger partial charge is 0.327 e. The quantitative estimate of drug-likeness (QED) is 0.725. The van der Waals surface area contributed by atoms with Crippen molar-refractivity contribution in [1.29, 1.82) is 0 Å². The molecule has 0 aliphatic rings. The van der Waals surface area contributed by atoms with E-state index in [4.69, 9.17) is 14.2 Å². The summed E-state index contributed by atoms with van der Waals surface area (Å²) in [5.74, 6) is 0.424. The molecule has 1 aromatic carbocycles. The van der Waals surface area contributed by atoms with E-state index in [-0.39, 0.29) is 6.61 Å². The molecule has 0 aromatic heterocycles. The lowest BCUT2D eigenvalue weighted by atomic mass is 10.0. The van der Waals surface area contributed by atoms with Crippen LogP contribution in [0.1, 0.15) is 20.3 Å². The molecule has 1 unspecified atom stereocenters. The number of benzene rings is 1. The molecule has 1 atom stereocenters. The highest BCUT2D eigenvalue weighted by Crippen LogP contribution is 2.37. The van der Waals surface area contributed by atoms with Gasteiger partial charge in [-0.15, -0.1) is 0 Å². The van der Waals surface area contributed by atoms with Gasteiger partial charge in [-0.1, -0.05) is 13.0 Å². The minimum atomic E-state index is -1.18. The van der Waals surface area contributed by atoms with Crippen LogP contribution in [0.3, 0.4) is 0 Å². The van der Waals surface area contributed by atoms with E-state index < -0.39 is 11.5 Å². The molecule has 0 aliphatic carbocycles. The third kappa shape index (κ3) is 4.26. The first-order chi connectivity index (χ1) is 9.98. The van der Waals surface area contributed by atoms with Gasteiger partial charge < -0.3 is 19.3 Å². The van der Waals surface area contributed by atoms with Crippen molar-refractivity contribution in [1.82, 2.24) is 5.32 Å². The number of carboxylic acids is 1. The number of carboxylic acid groups (broad SMARTS) is 1. The monoisotopic (exact) mass is 297 g/mol. The Labute approximate surface area is 125 Å². The molecule has 0 heterocycles. The minimum absolute atomic E-state index is 0.0426. The highest BCUT2D eigenvalue weighted by molar-refractivity contribution is 5.78. The fraction of sp³-hybridized carbons (Fsp3) is 0.533. The van der Waals surface area contributed by atoms with Crippen molar-refractivity contribution in [3.05, 3.63) is 18.2 Å². The van der Waals surface area contributed by atoms with E-state index in [2.05, 4.69) is 5.32 Å². The van der Waals surface area contributed by atoms with Crippen LogP contribution in [0.5, 0.6) is 17.2 Å². The van der Waals surface area contributed by atoms with Gasteiger partial charge in [-0.05, 0) is 32.0 Å². The van der Waals surface area contributed by atoms with E-state index in [1.54, 1.807) is 25.1 Å². The van der Waals surface area contributed by atoms with Crippen molar-refractivity contribution in [2.75, 3.05) is 27.4 Å². The molecule has 0 saturated heterocycles. The number of hydrogen-bond donors (Lipinski definition) is 2. The highest BCUT2D eigenvalue weighted by atomic mass is 16.5. The number of rotatable bonds is 9. The molecule has 0 aliphatic heterocycles. The Morgan fingerprint density at radius 3 is 2.29 bits per heavy atom. The average molecular weight is 297 g/mol. The van der Waals surface area contributed by atoms with E-state index in [1.807, 2.05) is 6.92 Å². The molecular weight excluding hydrogens is 274 g/mol. The largest absolute Gasteiger partial charge is 0.493 e. The second kappa shape index (κ2) is 7.73. The summed E-state index contributed by atoms with van der Waals surface area (Å²) in [6.07, 6.45) is 0.834. The minimum Gasteiger partial charge on any atom is -0.493 e. The molecule has 1 rings (SSSR count). The van der Waals surface area contributed by atoms with E-state index in [0.717, 1.165) is 6.42 Å². The zero-order valence-corrected chi connectivity index (χ0v) is 12.9. The SMILES string of the molecule is CCCNC(C)(COc1c(OC)cccc1OC)C(=O)O. The predicted octanol–water partition coefficient (Wildman–Crippen LogP) is 1.93. The molecule has 1 aromatic rings. The molecule has 6 nitrogen and oxygen atoms in total. The molecule has 21 heavy (non-hydrogen) atoms. The van der Waals surface area contributed by atoms with Crippen LogP contribution in [0.25, 0.3) is 0 Å². The van der Waals surface area contributed by atoms with Crippen molar-refractivity contribution < 1.29 is 24.1 Å². The summed E-state index contributed by atoms with van der Waals surface area (Å²) in [6.45, 7) is 4.11. The van der Waals surface area contributed by atoms with Gasteiger partial charge in [0.05, 0.1) is 14.2 Å². The van der Waals surface area contributed by atoms with Crippen LogP contribution >= 0.6 is 0 Å². The Hall–Kier alpha value is -1.95. The van der Waals surface area contributed by atoms with Crippen LogP contribution < -0.4 is 19.5 Å². The third-order valence-corrected chi connectivity index (χ3v) is 3.12. The second-order valence-corrected chi connectivity index (χ2v) is 4.84. The maximum atomic E-state index is 11.5. The van der Waals surface area contributed by atoms with Gasteiger partial charge in [-0.25, -0.2) is 0 Å². The van der Waals surface area contributed by atoms with E-state index in [1.165, 1.54) is 14.2 Å². The van der Waals surface area contributed by atoms with Crippen molar-refractivity contribution in [2.45, 2.75) is 25.8 Å². The summed E-state index contributed by atoms with van der Waals surface area (Å²) in [6, 6.07) is 5.24. The normalized spacial score (nSPS) is 13.3. The molecule has 0 amide bonds. The van der Waals surface area contributed by atoms with Crippen LogP contribution in [0.2, 0.25) is 0 Å². The molecule has 118 valence electrons. The lowest BCUT2D eigenvalue weighted by Gasteiger charge is -2.27. The molecule has 0 bridgehead atoms. The fourth-order valence-electron chi connectivity index (χ4n) is 1.77. The first-order valence-corrected chi connectivity index (χ1v) is 6.80. The number of nitrogens with one attached hydrogen (secondary N) is 1. The van der Waals surface area contributed by atoms with Gasteiger partial charge in [-0.2, -0.15) is 0 Å². The number of aliphatic carboxylic acids is 1. The molecule has 0 saturated carbocycles. The zero-order chi connectivity index (χ0) is 15.9. The van der Waals surface area contributed by atoms with Gasteiger partial charge in [0, 0.05) is 0 Å². The first kappa shape index (κ1) is 17.1. The zero-order valence-electron chi connectivity index (χ0n) is 12.9. The molecule has 0 fully saturated rings. The van der Waals surface area contributed by atoms with Gasteiger partial charge in [0.25, 0.3) is 0 Å². The Kier molecular flexibility index (Phi) is 6.30. The van der Waals surface area contributed by atoms with E-state index in [9.17, 15) is 9.90 Å². The molecular formula is C15H23NO5. The van der Waals surface area contributed by atoms with Crippen molar-refractivity contribution >= 4 is 5.97 Å². The molecule has 0 spiro atoms. The lowest BCUT2D eigenvalue weighted by Crippen LogP contribution is -2.54. The van der Waals surface area contributed by atoms with E-state index in [0.29, 0.717) is 23.8 Å². The Morgan fingerprint density at radius 2 is 1.86 bits per heavy atom. The fourth-order valence-corrected chi connectivity index (χ4v) is 1.77. The van der Waals surface area contributed by atoms with Gasteiger partial charge in [0.1, 0.15) is 12.1 Å². The standard InChI is InChI=1S/C15H23NO5/c1-5-9-16-15(2,14(17)18)10-21-13-11(19-3)7-6-8-12(13)20-4/h6-8,16H,5,9-10H2,1-4H3,(H,17,18). The average Bonchev–Trinajstić information content (AvgIpc) is 2.50. The highest BCUT2D eigenvalue weighted by Gasteiger charge is 2.34. The Balaban J connectivity index is 2.92. The number of ether oxygens (including phenoxy) is 3. The first-order valence-electron chi connectivity index (χ1n) is 6.80. The number of methoxy groups -OCH3 is 2. The Morgan fingerprint density at radius 1 is 1.29 bits per heavy atom. The number of para-hydroxylation sites is 1. The van der Waals surface area contributed by atoms with Gasteiger partial charge in [0.15, 0.2) is 11.5 Å². The van der Waals surface area contributed by atoms with Crippen LogP contribution in [-0.2, 0) is 4.79 Å². The number of hydrogen-bond acceptors (Lipinski definition) is 5. The van der Waals surface area contributed by atoms with Crippen LogP contribution in [0.15, 0.2) is 18.2 Å². The summed E-state index contributed by atoms with van der Waals surface area (Å²) in [5.41, 5.74) is -1.18. The van der Waals surface area contributed by atoms with Gasteiger partial charge in [-0.3, -0.25) is 10.1 Å². The van der Waals surface area contributed by atoms with E-state index >= 15 is 0 Å². The summed E-state index contributed by atoms with van der Waals surface area (Å²) in [5, 5.41) is 12.4. The molecule has 0 radical (unpaired) electrons. The summed E-state index contributed by atoms with van der Waals surface area (Å²) >= 11 is 0. The van der Waals surface area contributed by atoms with Crippen molar-refractivity contribution in [2.24, 2.45) is 0 Å². The third-order valence-electron chi connectivity index (χ3n) is 3.12. The molecule has 2 N–H and O–H groups in total. The van der Waals surface area contributed by atoms with Crippen LogP contribution in [0.4, 0.5) is 0 Å². The maximum absolute atomic E-state index is 11.5. The topological polar surface area (TPSA) is 77.0 Å². The van der Waals surface area contributed by atoms with Gasteiger partial charge in [0.2, 0.25) is 5.75 Å².